The van der Waals surface area contributed by atoms with Crippen LogP contribution in [0.15, 0.2) is 54.6 Å². The van der Waals surface area contributed by atoms with Crippen molar-refractivity contribution in [1.29, 1.82) is 0 Å². The Morgan fingerprint density at radius 1 is 0.973 bits per heavy atom. The number of fused-ring (bicyclic) bond motifs is 1. The van der Waals surface area contributed by atoms with Gasteiger partial charge in [0.25, 0.3) is 0 Å². The molecule has 0 atom stereocenters. The maximum atomic E-state index is 6.34. The van der Waals surface area contributed by atoms with Crippen molar-refractivity contribution in [3.8, 4) is 34.4 Å². The number of hydrogen-bond donors (Lipinski definition) is 1. The predicted octanol–water partition coefficient (Wildman–Crippen LogP) is 6.36. The van der Waals surface area contributed by atoms with E-state index in [1.54, 1.807) is 7.11 Å². The van der Waals surface area contributed by atoms with Crippen molar-refractivity contribution >= 4 is 28.3 Å². The molecule has 0 saturated carbocycles. The summed E-state index contributed by atoms with van der Waals surface area (Å²) in [5.74, 6) is 4.17. The lowest BCUT2D eigenvalue weighted by Crippen LogP contribution is -2.32. The van der Waals surface area contributed by atoms with Crippen LogP contribution in [-0.2, 0) is 0 Å². The summed E-state index contributed by atoms with van der Waals surface area (Å²) >= 11 is 6.11. The molecule has 0 spiro atoms. The molecule has 2 N–H and O–H groups in total. The Balaban J connectivity index is 1.37. The standard InChI is InChI=1S/C29H31ClN4O3/c1-18-14-22(8-9-24(18)30)37-21-6-4-20(5-7-21)29-32-25-16-27(26(35-3)15-23(25)28(31)33-29)36-17-19-10-12-34(2)13-11-19/h4-9,14-16,19H,10-13,17H2,1-3H3,(H2,31,32,33). The minimum Gasteiger partial charge on any atom is -0.493 e. The maximum Gasteiger partial charge on any atom is 0.163 e. The highest BCUT2D eigenvalue weighted by molar-refractivity contribution is 6.31. The Morgan fingerprint density at radius 2 is 1.70 bits per heavy atom. The molecule has 192 valence electrons. The highest BCUT2D eigenvalue weighted by Gasteiger charge is 2.19. The van der Waals surface area contributed by atoms with Gasteiger partial charge in [0.15, 0.2) is 17.3 Å². The van der Waals surface area contributed by atoms with Crippen LogP contribution < -0.4 is 19.9 Å². The van der Waals surface area contributed by atoms with Gasteiger partial charge in [-0.2, -0.15) is 0 Å². The van der Waals surface area contributed by atoms with Crippen molar-refractivity contribution in [2.24, 2.45) is 5.92 Å². The van der Waals surface area contributed by atoms with Gasteiger partial charge in [-0.25, -0.2) is 9.97 Å². The first-order valence-corrected chi connectivity index (χ1v) is 12.8. The molecule has 4 aromatic rings. The van der Waals surface area contributed by atoms with E-state index in [1.807, 2.05) is 61.5 Å². The topological polar surface area (TPSA) is 82.7 Å². The zero-order valence-corrected chi connectivity index (χ0v) is 22.1. The second kappa shape index (κ2) is 10.8. The molecule has 37 heavy (non-hydrogen) atoms. The highest BCUT2D eigenvalue weighted by Crippen LogP contribution is 2.36. The first-order chi connectivity index (χ1) is 17.9. The van der Waals surface area contributed by atoms with Gasteiger partial charge in [0.2, 0.25) is 0 Å². The summed E-state index contributed by atoms with van der Waals surface area (Å²) in [5.41, 5.74) is 8.84. The fraction of sp³-hybridized carbons (Fsp3) is 0.310. The Bertz CT molecular complexity index is 1400. The van der Waals surface area contributed by atoms with Crippen molar-refractivity contribution in [2.45, 2.75) is 19.8 Å². The Labute approximate surface area is 222 Å². The number of anilines is 1. The van der Waals surface area contributed by atoms with Gasteiger partial charge in [-0.1, -0.05) is 11.6 Å². The number of nitrogens with two attached hydrogens (primary N) is 1. The summed E-state index contributed by atoms with van der Waals surface area (Å²) in [6.07, 6.45) is 2.26. The fourth-order valence-electron chi connectivity index (χ4n) is 4.49. The van der Waals surface area contributed by atoms with Crippen LogP contribution in [0.1, 0.15) is 18.4 Å². The number of aryl methyl sites for hydroxylation is 1. The van der Waals surface area contributed by atoms with Crippen molar-refractivity contribution in [2.75, 3.05) is 39.6 Å². The summed E-state index contributed by atoms with van der Waals surface area (Å²) in [6, 6.07) is 16.9. The third-order valence-corrected chi connectivity index (χ3v) is 7.23. The molecule has 0 amide bonds. The van der Waals surface area contributed by atoms with E-state index in [9.17, 15) is 0 Å². The van der Waals surface area contributed by atoms with Gasteiger partial charge in [-0.3, -0.25) is 0 Å². The number of ether oxygens (including phenoxy) is 3. The minimum absolute atomic E-state index is 0.386. The van der Waals surface area contributed by atoms with Crippen molar-refractivity contribution in [3.63, 3.8) is 0 Å². The summed E-state index contributed by atoms with van der Waals surface area (Å²) in [6.45, 7) is 4.79. The largest absolute Gasteiger partial charge is 0.493 e. The lowest BCUT2D eigenvalue weighted by molar-refractivity contribution is 0.157. The van der Waals surface area contributed by atoms with Crippen LogP contribution in [0.25, 0.3) is 22.3 Å². The summed E-state index contributed by atoms with van der Waals surface area (Å²) in [7, 11) is 3.79. The van der Waals surface area contributed by atoms with E-state index in [2.05, 4.69) is 16.9 Å². The maximum absolute atomic E-state index is 6.34. The quantitative estimate of drug-likeness (QED) is 0.304. The Kier molecular flexibility index (Phi) is 7.35. The van der Waals surface area contributed by atoms with Crippen LogP contribution in [0.2, 0.25) is 5.02 Å². The number of nitrogen functional groups attached to an aromatic ring is 1. The molecule has 1 fully saturated rings. The van der Waals surface area contributed by atoms with E-state index in [-0.39, 0.29) is 0 Å². The monoisotopic (exact) mass is 518 g/mol. The summed E-state index contributed by atoms with van der Waals surface area (Å²) < 4.78 is 17.8. The molecule has 0 unspecified atom stereocenters. The minimum atomic E-state index is 0.386. The first kappa shape index (κ1) is 25.1. The van der Waals surface area contributed by atoms with E-state index in [0.717, 1.165) is 48.2 Å². The second-order valence-electron chi connectivity index (χ2n) is 9.55. The number of likely N-dealkylation sites (tertiary alicyclic amines) is 1. The molecule has 0 aliphatic carbocycles. The number of halogens is 1. The summed E-state index contributed by atoms with van der Waals surface area (Å²) in [5, 5.41) is 1.44. The molecule has 0 radical (unpaired) electrons. The number of methoxy groups -OCH3 is 1. The van der Waals surface area contributed by atoms with Gasteiger partial charge >= 0.3 is 0 Å². The Hall–Kier alpha value is -3.55. The average molecular weight is 519 g/mol. The lowest BCUT2D eigenvalue weighted by atomic mass is 9.98. The number of benzene rings is 3. The normalized spacial score (nSPS) is 14.6. The predicted molar refractivity (Wildman–Crippen MR) is 148 cm³/mol. The molecular formula is C29H31ClN4O3. The van der Waals surface area contributed by atoms with Gasteiger partial charge in [-0.15, -0.1) is 0 Å². The molecule has 8 heteroatoms. The van der Waals surface area contributed by atoms with Gasteiger partial charge < -0.3 is 24.8 Å². The molecule has 1 aliphatic heterocycles. The third kappa shape index (κ3) is 5.73. The molecule has 5 rings (SSSR count). The second-order valence-corrected chi connectivity index (χ2v) is 9.95. The van der Waals surface area contributed by atoms with E-state index in [4.69, 9.17) is 36.5 Å². The molecule has 3 aromatic carbocycles. The average Bonchev–Trinajstić information content (AvgIpc) is 2.90. The zero-order valence-electron chi connectivity index (χ0n) is 21.3. The van der Waals surface area contributed by atoms with Gasteiger partial charge in [0, 0.05) is 22.0 Å². The summed E-state index contributed by atoms with van der Waals surface area (Å²) in [4.78, 5) is 11.7. The number of hydrogen-bond acceptors (Lipinski definition) is 7. The van der Waals surface area contributed by atoms with Crippen LogP contribution in [0.4, 0.5) is 5.82 Å². The van der Waals surface area contributed by atoms with E-state index >= 15 is 0 Å². The number of piperidine rings is 1. The molecule has 1 aliphatic rings. The molecule has 1 aromatic heterocycles. The van der Waals surface area contributed by atoms with E-state index in [1.165, 1.54) is 0 Å². The number of aromatic nitrogens is 2. The van der Waals surface area contributed by atoms with Crippen LogP contribution in [0, 0.1) is 12.8 Å². The lowest BCUT2D eigenvalue weighted by Gasteiger charge is -2.28. The van der Waals surface area contributed by atoms with Gasteiger partial charge in [0.1, 0.15) is 17.3 Å². The van der Waals surface area contributed by atoms with Crippen molar-refractivity contribution in [3.05, 3.63) is 65.2 Å². The van der Waals surface area contributed by atoms with Crippen molar-refractivity contribution in [1.82, 2.24) is 14.9 Å². The fourth-order valence-corrected chi connectivity index (χ4v) is 4.60. The molecular weight excluding hydrogens is 488 g/mol. The van der Waals surface area contributed by atoms with Crippen molar-refractivity contribution < 1.29 is 14.2 Å². The molecule has 1 saturated heterocycles. The molecule has 2 heterocycles. The zero-order chi connectivity index (χ0) is 25.9. The van der Waals surface area contributed by atoms with Crippen LogP contribution >= 0.6 is 11.6 Å². The van der Waals surface area contributed by atoms with E-state index in [0.29, 0.717) is 52.0 Å². The van der Waals surface area contributed by atoms with E-state index < -0.39 is 0 Å². The number of nitrogens with zero attached hydrogens (tertiary/aromatic N) is 3. The van der Waals surface area contributed by atoms with Gasteiger partial charge in [0.05, 0.1) is 19.2 Å². The Morgan fingerprint density at radius 3 is 2.41 bits per heavy atom. The van der Waals surface area contributed by atoms with Crippen LogP contribution in [0.3, 0.4) is 0 Å². The first-order valence-electron chi connectivity index (χ1n) is 12.4. The number of rotatable bonds is 7. The van der Waals surface area contributed by atoms with Crippen LogP contribution in [0.5, 0.6) is 23.0 Å². The third-order valence-electron chi connectivity index (χ3n) is 6.80. The smallest absolute Gasteiger partial charge is 0.163 e. The molecule has 7 nitrogen and oxygen atoms in total. The highest BCUT2D eigenvalue weighted by atomic mass is 35.5. The molecule has 0 bridgehead atoms. The van der Waals surface area contributed by atoms with Crippen LogP contribution in [-0.4, -0.2) is 48.7 Å². The van der Waals surface area contributed by atoms with Gasteiger partial charge in [-0.05, 0) is 99.9 Å². The SMILES string of the molecule is COc1cc2c(N)nc(-c3ccc(Oc4ccc(Cl)c(C)c4)cc3)nc2cc1OCC1CCN(C)CC1.